The highest BCUT2D eigenvalue weighted by atomic mass is 32.3. The summed E-state index contributed by atoms with van der Waals surface area (Å²) in [5.41, 5.74) is 0. The average Bonchev–Trinajstić information content (AvgIpc) is 2.56. The highest BCUT2D eigenvalue weighted by molar-refractivity contribution is 7.80. The van der Waals surface area contributed by atoms with E-state index in [1.54, 1.807) is 6.08 Å². The molecule has 0 aliphatic carbocycles. The van der Waals surface area contributed by atoms with Gasteiger partial charge in [0.15, 0.2) is 6.61 Å². The molecule has 0 radical (unpaired) electrons. The van der Waals surface area contributed by atoms with Crippen molar-refractivity contribution in [1.29, 1.82) is 0 Å². The van der Waals surface area contributed by atoms with Crippen LogP contribution in [0.2, 0.25) is 0 Å². The molecule has 0 saturated heterocycles. The van der Waals surface area contributed by atoms with Gasteiger partial charge in [-0.2, -0.15) is 8.42 Å². The van der Waals surface area contributed by atoms with Crippen molar-refractivity contribution in [3.05, 3.63) is 12.3 Å². The first-order chi connectivity index (χ1) is 12.0. The van der Waals surface area contributed by atoms with Gasteiger partial charge in [0.1, 0.15) is 0 Å². The third-order valence-electron chi connectivity index (χ3n) is 3.85. The van der Waals surface area contributed by atoms with Crippen LogP contribution in [0, 0.1) is 0 Å². The maximum Gasteiger partial charge on any atom is 0.397 e. The lowest BCUT2D eigenvalue weighted by atomic mass is 10.0. The minimum absolute atomic E-state index is 0.809. The van der Waals surface area contributed by atoms with Crippen molar-refractivity contribution in [2.75, 3.05) is 6.61 Å². The molecule has 0 aliphatic heterocycles. The summed E-state index contributed by atoms with van der Waals surface area (Å²) in [6.45, 7) is 1.41. The highest BCUT2D eigenvalue weighted by Gasteiger charge is 2.09. The number of hydrogen-bond donors (Lipinski definition) is 1. The zero-order chi connectivity index (χ0) is 18.8. The lowest BCUT2D eigenvalue weighted by Crippen LogP contribution is -2.14. The molecule has 25 heavy (non-hydrogen) atoms. The van der Waals surface area contributed by atoms with Gasteiger partial charge in [0.2, 0.25) is 0 Å². The van der Waals surface area contributed by atoms with Crippen molar-refractivity contribution in [2.24, 2.45) is 0 Å². The maximum atomic E-state index is 11.0. The van der Waals surface area contributed by atoms with E-state index in [0.717, 1.165) is 19.3 Å². The smallest absolute Gasteiger partial charge is 0.397 e. The Morgan fingerprint density at radius 1 is 0.880 bits per heavy atom. The van der Waals surface area contributed by atoms with E-state index in [1.165, 1.54) is 70.5 Å². The lowest BCUT2D eigenvalue weighted by Gasteiger charge is -2.02. The molecule has 1 N–H and O–H groups in total. The Morgan fingerprint density at radius 2 is 1.36 bits per heavy atom. The molecule has 0 aromatic rings. The summed E-state index contributed by atoms with van der Waals surface area (Å²) in [4.78, 5) is 11.0. The van der Waals surface area contributed by atoms with Crippen molar-refractivity contribution < 1.29 is 26.7 Å². The van der Waals surface area contributed by atoms with Crippen LogP contribution in [0.15, 0.2) is 12.3 Å². The Hall–Kier alpha value is -0.920. The van der Waals surface area contributed by atoms with E-state index in [9.17, 15) is 13.2 Å². The second-order valence-electron chi connectivity index (χ2n) is 6.23. The van der Waals surface area contributed by atoms with Crippen LogP contribution in [0.4, 0.5) is 0 Å². The van der Waals surface area contributed by atoms with E-state index in [-0.39, 0.29) is 0 Å². The van der Waals surface area contributed by atoms with Crippen molar-refractivity contribution >= 4 is 16.4 Å². The molecule has 0 amide bonds. The predicted molar refractivity (Wildman–Crippen MR) is 98.4 cm³/mol. The van der Waals surface area contributed by atoms with Gasteiger partial charge in [-0.1, -0.05) is 77.6 Å². The van der Waals surface area contributed by atoms with Gasteiger partial charge in [-0.3, -0.25) is 4.55 Å². The van der Waals surface area contributed by atoms with E-state index >= 15 is 0 Å². The van der Waals surface area contributed by atoms with Crippen LogP contribution in [0.1, 0.15) is 90.4 Å². The Morgan fingerprint density at radius 3 is 1.84 bits per heavy atom. The van der Waals surface area contributed by atoms with Crippen LogP contribution in [-0.2, 0) is 24.1 Å². The number of allylic oxidation sites excluding steroid dienone is 1. The molecule has 7 heteroatoms. The minimum atomic E-state index is -4.60. The fourth-order valence-electron chi connectivity index (χ4n) is 2.45. The van der Waals surface area contributed by atoms with Crippen LogP contribution >= 0.6 is 0 Å². The first kappa shape index (κ1) is 24.1. The van der Waals surface area contributed by atoms with Gasteiger partial charge in [-0.15, -0.1) is 0 Å². The third-order valence-corrected chi connectivity index (χ3v) is 4.26. The fraction of sp³-hybridized carbons (Fsp3) is 0.833. The summed E-state index contributed by atoms with van der Waals surface area (Å²) in [7, 11) is -4.60. The molecule has 148 valence electrons. The van der Waals surface area contributed by atoms with Crippen molar-refractivity contribution in [2.45, 2.75) is 90.4 Å². The van der Waals surface area contributed by atoms with Crippen LogP contribution in [0.25, 0.3) is 0 Å². The molecule has 0 bridgehead atoms. The van der Waals surface area contributed by atoms with Crippen molar-refractivity contribution in [1.82, 2.24) is 0 Å². The number of ether oxygens (including phenoxy) is 1. The topological polar surface area (TPSA) is 89.9 Å². The van der Waals surface area contributed by atoms with Gasteiger partial charge in [0, 0.05) is 0 Å². The van der Waals surface area contributed by atoms with Crippen LogP contribution < -0.4 is 0 Å². The first-order valence-corrected chi connectivity index (χ1v) is 10.8. The predicted octanol–water partition coefficient (Wildman–Crippen LogP) is 4.95. The summed E-state index contributed by atoms with van der Waals surface area (Å²) in [6, 6.07) is 0. The van der Waals surface area contributed by atoms with Gasteiger partial charge >= 0.3 is 16.4 Å². The zero-order valence-corrected chi connectivity index (χ0v) is 16.3. The van der Waals surface area contributed by atoms with Gasteiger partial charge < -0.3 is 4.74 Å². The molecule has 0 fully saturated rings. The first-order valence-electron chi connectivity index (χ1n) is 9.42. The Labute approximate surface area is 152 Å². The molecule has 0 rings (SSSR count). The van der Waals surface area contributed by atoms with Gasteiger partial charge in [0.25, 0.3) is 0 Å². The highest BCUT2D eigenvalue weighted by Crippen LogP contribution is 2.12. The fourth-order valence-corrected chi connectivity index (χ4v) is 2.70. The van der Waals surface area contributed by atoms with E-state index in [4.69, 9.17) is 4.55 Å². The molecule has 0 unspecified atom stereocenters. The Kier molecular flexibility index (Phi) is 15.9. The molecule has 0 heterocycles. The molecule has 0 atom stereocenters. The summed E-state index contributed by atoms with van der Waals surface area (Å²) >= 11 is 0. The van der Waals surface area contributed by atoms with Crippen LogP contribution in [0.5, 0.6) is 0 Å². The van der Waals surface area contributed by atoms with E-state index in [1.807, 2.05) is 0 Å². The largest absolute Gasteiger partial charge is 0.433 e. The van der Waals surface area contributed by atoms with Gasteiger partial charge in [-0.05, 0) is 18.9 Å². The molecule has 0 aromatic heterocycles. The normalized spacial score (nSPS) is 11.9. The van der Waals surface area contributed by atoms with Crippen LogP contribution in [-0.4, -0.2) is 25.5 Å². The van der Waals surface area contributed by atoms with Gasteiger partial charge in [0.05, 0.1) is 6.26 Å². The number of rotatable bonds is 17. The summed E-state index contributed by atoms with van der Waals surface area (Å²) in [6.07, 6.45) is 19.3. The number of hydrogen-bond acceptors (Lipinski definition) is 5. The molecule has 0 spiro atoms. The quantitative estimate of drug-likeness (QED) is 0.167. The molecular weight excluding hydrogens is 344 g/mol. The lowest BCUT2D eigenvalue weighted by molar-refractivity contribution is -0.140. The van der Waals surface area contributed by atoms with E-state index in [0.29, 0.717) is 0 Å². The number of carbonyl (C=O) groups is 1. The van der Waals surface area contributed by atoms with Gasteiger partial charge in [-0.25, -0.2) is 8.98 Å². The molecule has 0 saturated carbocycles. The Balaban J connectivity index is 3.28. The van der Waals surface area contributed by atoms with Crippen molar-refractivity contribution in [3.63, 3.8) is 0 Å². The SMILES string of the molecule is CCCCCCCCCCCCCCC=COC(=O)COS(=O)(=O)O. The second kappa shape index (κ2) is 16.5. The number of unbranched alkanes of at least 4 members (excludes halogenated alkanes) is 12. The number of esters is 1. The maximum absolute atomic E-state index is 11.0. The van der Waals surface area contributed by atoms with E-state index < -0.39 is 23.0 Å². The monoisotopic (exact) mass is 378 g/mol. The van der Waals surface area contributed by atoms with Crippen LogP contribution in [0.3, 0.4) is 0 Å². The molecule has 6 nitrogen and oxygen atoms in total. The minimum Gasteiger partial charge on any atom is -0.433 e. The van der Waals surface area contributed by atoms with Crippen molar-refractivity contribution in [3.8, 4) is 0 Å². The number of carbonyl (C=O) groups excluding carboxylic acids is 1. The summed E-state index contributed by atoms with van der Waals surface area (Å²) in [5.74, 6) is -0.872. The summed E-state index contributed by atoms with van der Waals surface area (Å²) in [5, 5.41) is 0. The molecular formula is C18H34O6S. The molecule has 0 aliphatic rings. The third kappa shape index (κ3) is 21.0. The summed E-state index contributed by atoms with van der Waals surface area (Å²) < 4.78 is 37.3. The van der Waals surface area contributed by atoms with E-state index in [2.05, 4.69) is 15.8 Å². The second-order valence-corrected chi connectivity index (χ2v) is 7.32. The zero-order valence-electron chi connectivity index (χ0n) is 15.5. The Bertz CT molecular complexity index is 444. The average molecular weight is 379 g/mol. The standard InChI is InChI=1S/C18H34O6S/c1-2-3-4-5-6-7-8-9-10-11-12-13-14-15-16-23-18(19)17-24-25(20,21)22/h15-16H,2-14,17H2,1H3,(H,20,21,22). The molecule has 0 aromatic carbocycles.